The molecule has 0 bridgehead atoms. The number of nitrogens with zero attached hydrogens (tertiary/aromatic N) is 3. The van der Waals surface area contributed by atoms with Crippen molar-refractivity contribution in [1.29, 1.82) is 0 Å². The van der Waals surface area contributed by atoms with Gasteiger partial charge in [-0.2, -0.15) is 5.10 Å². The Morgan fingerprint density at radius 1 is 1.40 bits per heavy atom. The van der Waals surface area contributed by atoms with E-state index in [2.05, 4.69) is 38.1 Å². The van der Waals surface area contributed by atoms with E-state index in [1.54, 1.807) is 0 Å². The largest absolute Gasteiger partial charge is 0.367 e. The van der Waals surface area contributed by atoms with Crippen LogP contribution in [0.2, 0.25) is 0 Å². The van der Waals surface area contributed by atoms with E-state index in [0.717, 1.165) is 22.7 Å². The van der Waals surface area contributed by atoms with E-state index < -0.39 is 0 Å². The summed E-state index contributed by atoms with van der Waals surface area (Å²) in [7, 11) is 0. The van der Waals surface area contributed by atoms with Crippen LogP contribution in [0.1, 0.15) is 18.7 Å². The molecule has 2 N–H and O–H groups in total. The van der Waals surface area contributed by atoms with Crippen molar-refractivity contribution in [3.05, 3.63) is 5.82 Å². The first kappa shape index (κ1) is 8.96. The molecular formula is C9H11N5S. The Bertz CT molecular complexity index is 516. The average molecular weight is 221 g/mol. The Kier molecular flexibility index (Phi) is 1.85. The second-order valence-corrected chi connectivity index (χ2v) is 4.23. The molecule has 0 aliphatic heterocycles. The molecule has 0 unspecified atom stereocenters. The van der Waals surface area contributed by atoms with Crippen LogP contribution in [0.4, 0.5) is 5.82 Å². The van der Waals surface area contributed by atoms with Crippen LogP contribution in [0.3, 0.4) is 0 Å². The highest BCUT2D eigenvalue weighted by Gasteiger charge is 2.23. The van der Waals surface area contributed by atoms with Crippen LogP contribution in [0.25, 0.3) is 11.0 Å². The molecule has 0 aromatic carbocycles. The molecule has 15 heavy (non-hydrogen) atoms. The van der Waals surface area contributed by atoms with Crippen LogP contribution < -0.4 is 5.32 Å². The van der Waals surface area contributed by atoms with Gasteiger partial charge in [0.1, 0.15) is 16.7 Å². The first-order valence-corrected chi connectivity index (χ1v) is 5.37. The van der Waals surface area contributed by atoms with Gasteiger partial charge in [-0.05, 0) is 19.8 Å². The van der Waals surface area contributed by atoms with Gasteiger partial charge in [-0.1, -0.05) is 0 Å². The molecule has 3 rings (SSSR count). The monoisotopic (exact) mass is 221 g/mol. The Labute approximate surface area is 92.1 Å². The molecule has 1 aliphatic rings. The molecule has 78 valence electrons. The standard InChI is InChI=1S/C9H11N5S/c1-4-10-7(12-5-2-3-5)6-8(11-4)13-14-9(6)15/h5H,2-3H2,1H3,(H3,10,11,12,13,14,15). The van der Waals surface area contributed by atoms with Crippen molar-refractivity contribution < 1.29 is 0 Å². The maximum atomic E-state index is 4.38. The maximum Gasteiger partial charge on any atom is 0.162 e. The Morgan fingerprint density at radius 2 is 2.20 bits per heavy atom. The van der Waals surface area contributed by atoms with Gasteiger partial charge in [0.2, 0.25) is 0 Å². The van der Waals surface area contributed by atoms with Gasteiger partial charge in [0.25, 0.3) is 0 Å². The number of anilines is 1. The fraction of sp³-hybridized carbons (Fsp3) is 0.444. The SMILES string of the molecule is Cc1nc(NC2CC2)c2c(S)n[nH]c2n1. The average Bonchev–Trinajstić information content (AvgIpc) is 2.91. The van der Waals surface area contributed by atoms with Crippen molar-refractivity contribution in [1.82, 2.24) is 20.2 Å². The molecule has 1 saturated carbocycles. The fourth-order valence-electron chi connectivity index (χ4n) is 1.55. The van der Waals surface area contributed by atoms with Crippen LogP contribution in [0, 0.1) is 6.92 Å². The minimum atomic E-state index is 0.560. The number of nitrogens with one attached hydrogen (secondary N) is 2. The van der Waals surface area contributed by atoms with Crippen LogP contribution in [-0.4, -0.2) is 26.2 Å². The lowest BCUT2D eigenvalue weighted by Crippen LogP contribution is -2.05. The summed E-state index contributed by atoms with van der Waals surface area (Å²) in [4.78, 5) is 8.65. The second-order valence-electron chi connectivity index (χ2n) is 3.81. The van der Waals surface area contributed by atoms with Crippen molar-refractivity contribution >= 4 is 29.5 Å². The molecule has 1 fully saturated rings. The second kappa shape index (κ2) is 3.10. The topological polar surface area (TPSA) is 66.5 Å². The predicted molar refractivity (Wildman–Crippen MR) is 60.3 cm³/mol. The number of aromatic amines is 1. The lowest BCUT2D eigenvalue weighted by Gasteiger charge is -2.05. The molecule has 5 nitrogen and oxygen atoms in total. The van der Waals surface area contributed by atoms with Gasteiger partial charge >= 0.3 is 0 Å². The van der Waals surface area contributed by atoms with Crippen molar-refractivity contribution in [2.24, 2.45) is 0 Å². The van der Waals surface area contributed by atoms with Gasteiger partial charge < -0.3 is 5.32 Å². The van der Waals surface area contributed by atoms with Gasteiger partial charge in [-0.15, -0.1) is 12.6 Å². The van der Waals surface area contributed by atoms with Crippen LogP contribution in [0.15, 0.2) is 5.03 Å². The smallest absolute Gasteiger partial charge is 0.162 e. The summed E-state index contributed by atoms with van der Waals surface area (Å²) in [6, 6.07) is 0.560. The lowest BCUT2D eigenvalue weighted by atomic mass is 10.3. The number of thiol groups is 1. The van der Waals surface area contributed by atoms with Gasteiger partial charge in [0.15, 0.2) is 5.65 Å². The highest BCUT2D eigenvalue weighted by molar-refractivity contribution is 7.80. The molecule has 1 aliphatic carbocycles. The number of fused-ring (bicyclic) bond motifs is 1. The Morgan fingerprint density at radius 3 is 2.93 bits per heavy atom. The molecular weight excluding hydrogens is 210 g/mol. The minimum Gasteiger partial charge on any atom is -0.367 e. The zero-order valence-electron chi connectivity index (χ0n) is 8.28. The van der Waals surface area contributed by atoms with Gasteiger partial charge in [0.05, 0.1) is 5.39 Å². The number of aryl methyl sites for hydroxylation is 1. The quantitative estimate of drug-likeness (QED) is 0.673. The van der Waals surface area contributed by atoms with Crippen molar-refractivity contribution in [3.63, 3.8) is 0 Å². The van der Waals surface area contributed by atoms with Gasteiger partial charge in [0, 0.05) is 6.04 Å². The molecule has 0 amide bonds. The summed E-state index contributed by atoms with van der Waals surface area (Å²) in [5.41, 5.74) is 0.746. The molecule has 0 spiro atoms. The van der Waals surface area contributed by atoms with Crippen molar-refractivity contribution in [2.45, 2.75) is 30.8 Å². The third-order valence-electron chi connectivity index (χ3n) is 2.43. The normalized spacial score (nSPS) is 15.9. The first-order valence-electron chi connectivity index (χ1n) is 4.92. The summed E-state index contributed by atoms with van der Waals surface area (Å²) < 4.78 is 0. The predicted octanol–water partition coefficient (Wildman–Crippen LogP) is 1.52. The summed E-state index contributed by atoms with van der Waals surface area (Å²) in [5.74, 6) is 1.58. The summed E-state index contributed by atoms with van der Waals surface area (Å²) in [6.07, 6.45) is 2.43. The molecule has 2 aromatic heterocycles. The zero-order valence-corrected chi connectivity index (χ0v) is 9.17. The molecule has 0 radical (unpaired) electrons. The van der Waals surface area contributed by atoms with Crippen LogP contribution in [-0.2, 0) is 0 Å². The van der Waals surface area contributed by atoms with Gasteiger partial charge in [-0.25, -0.2) is 9.97 Å². The van der Waals surface area contributed by atoms with E-state index >= 15 is 0 Å². The summed E-state index contributed by atoms with van der Waals surface area (Å²) >= 11 is 4.29. The van der Waals surface area contributed by atoms with Crippen molar-refractivity contribution in [2.75, 3.05) is 5.32 Å². The van der Waals surface area contributed by atoms with E-state index in [-0.39, 0.29) is 0 Å². The zero-order chi connectivity index (χ0) is 10.4. The van der Waals surface area contributed by atoms with E-state index in [4.69, 9.17) is 0 Å². The molecule has 2 heterocycles. The number of hydrogen-bond donors (Lipinski definition) is 3. The lowest BCUT2D eigenvalue weighted by molar-refractivity contribution is 1.01. The molecule has 2 aromatic rings. The van der Waals surface area contributed by atoms with Crippen LogP contribution >= 0.6 is 12.6 Å². The molecule has 6 heteroatoms. The van der Waals surface area contributed by atoms with E-state index in [1.807, 2.05) is 6.92 Å². The fourth-order valence-corrected chi connectivity index (χ4v) is 1.81. The highest BCUT2D eigenvalue weighted by Crippen LogP contribution is 2.29. The first-order chi connectivity index (χ1) is 7.24. The van der Waals surface area contributed by atoms with Crippen LogP contribution in [0.5, 0.6) is 0 Å². The maximum absolute atomic E-state index is 4.38. The van der Waals surface area contributed by atoms with Gasteiger partial charge in [-0.3, -0.25) is 5.10 Å². The Balaban J connectivity index is 2.18. The van der Waals surface area contributed by atoms with E-state index in [1.165, 1.54) is 12.8 Å². The number of aromatic nitrogens is 4. The number of rotatable bonds is 2. The third kappa shape index (κ3) is 1.54. The molecule has 0 atom stereocenters. The minimum absolute atomic E-state index is 0.560. The highest BCUT2D eigenvalue weighted by atomic mass is 32.1. The number of H-pyrrole nitrogens is 1. The van der Waals surface area contributed by atoms with E-state index in [0.29, 0.717) is 11.1 Å². The third-order valence-corrected chi connectivity index (χ3v) is 2.75. The Hall–Kier alpha value is -1.30. The summed E-state index contributed by atoms with van der Waals surface area (Å²) in [5, 5.41) is 11.8. The van der Waals surface area contributed by atoms with E-state index in [9.17, 15) is 0 Å². The summed E-state index contributed by atoms with van der Waals surface area (Å²) in [6.45, 7) is 1.87. The number of hydrogen-bond acceptors (Lipinski definition) is 5. The molecule has 0 saturated heterocycles. The van der Waals surface area contributed by atoms with Crippen molar-refractivity contribution in [3.8, 4) is 0 Å².